The predicted molar refractivity (Wildman–Crippen MR) is 49.9 cm³/mol. The molecular weight excluding hydrogens is 204 g/mol. The van der Waals surface area contributed by atoms with Crippen LogP contribution in [-0.4, -0.2) is 64.3 Å². The fourth-order valence-electron chi connectivity index (χ4n) is 1.37. The number of aliphatic hydroxyl groups excluding tert-OH is 4. The molecule has 0 aliphatic carbocycles. The monoisotopic (exact) mass is 220 g/mol. The minimum absolute atomic E-state index is 0.142. The topological polar surface area (TPSA) is 99.4 Å². The number of ether oxygens (including phenoxy) is 2. The highest BCUT2D eigenvalue weighted by atomic mass is 16.7. The second-order valence-corrected chi connectivity index (χ2v) is 3.32. The van der Waals surface area contributed by atoms with E-state index in [-0.39, 0.29) is 6.61 Å². The summed E-state index contributed by atoms with van der Waals surface area (Å²) in [5, 5.41) is 37.1. The van der Waals surface area contributed by atoms with Crippen molar-refractivity contribution in [3.63, 3.8) is 0 Å². The van der Waals surface area contributed by atoms with Gasteiger partial charge in [0.05, 0.1) is 13.2 Å². The minimum Gasteiger partial charge on any atom is -0.394 e. The van der Waals surface area contributed by atoms with Gasteiger partial charge in [-0.25, -0.2) is 0 Å². The van der Waals surface area contributed by atoms with Crippen molar-refractivity contribution in [1.82, 2.24) is 0 Å². The summed E-state index contributed by atoms with van der Waals surface area (Å²) >= 11 is 0. The van der Waals surface area contributed by atoms with E-state index in [0.717, 1.165) is 0 Å². The van der Waals surface area contributed by atoms with Crippen LogP contribution >= 0.6 is 0 Å². The third kappa shape index (κ3) is 2.75. The molecule has 0 spiro atoms. The fraction of sp³-hybridized carbons (Fsp3) is 0.778. The van der Waals surface area contributed by atoms with E-state index in [9.17, 15) is 15.3 Å². The Morgan fingerprint density at radius 2 is 1.87 bits per heavy atom. The first-order valence-corrected chi connectivity index (χ1v) is 4.64. The van der Waals surface area contributed by atoms with Gasteiger partial charge in [0.15, 0.2) is 6.29 Å². The second-order valence-electron chi connectivity index (χ2n) is 3.32. The molecule has 4 N–H and O–H groups in total. The Labute approximate surface area is 87.4 Å². The van der Waals surface area contributed by atoms with Crippen LogP contribution in [0.2, 0.25) is 0 Å². The van der Waals surface area contributed by atoms with Gasteiger partial charge in [0.25, 0.3) is 0 Å². The van der Waals surface area contributed by atoms with E-state index in [1.165, 1.54) is 6.08 Å². The van der Waals surface area contributed by atoms with Crippen LogP contribution in [0.5, 0.6) is 0 Å². The zero-order valence-electron chi connectivity index (χ0n) is 8.19. The van der Waals surface area contributed by atoms with Crippen molar-refractivity contribution in [3.05, 3.63) is 12.7 Å². The SMILES string of the molecule is C=CCO[C@H]1OC(CO)[C@@H](O)[C@@H](O)C1O. The van der Waals surface area contributed by atoms with Crippen LogP contribution in [0.1, 0.15) is 0 Å². The van der Waals surface area contributed by atoms with Crippen molar-refractivity contribution in [3.8, 4) is 0 Å². The number of rotatable bonds is 4. The lowest BCUT2D eigenvalue weighted by molar-refractivity contribution is -0.298. The summed E-state index contributed by atoms with van der Waals surface area (Å²) in [7, 11) is 0. The molecule has 0 aromatic carbocycles. The van der Waals surface area contributed by atoms with E-state index in [2.05, 4.69) is 6.58 Å². The van der Waals surface area contributed by atoms with E-state index in [1.54, 1.807) is 0 Å². The Bertz CT molecular complexity index is 207. The van der Waals surface area contributed by atoms with Crippen LogP contribution in [0.15, 0.2) is 12.7 Å². The van der Waals surface area contributed by atoms with Crippen LogP contribution in [0.4, 0.5) is 0 Å². The van der Waals surface area contributed by atoms with Crippen LogP contribution in [0.25, 0.3) is 0 Å². The Hall–Kier alpha value is -0.500. The normalized spacial score (nSPS) is 41.5. The average molecular weight is 220 g/mol. The highest BCUT2D eigenvalue weighted by molar-refractivity contribution is 4.89. The van der Waals surface area contributed by atoms with Crippen molar-refractivity contribution in [2.75, 3.05) is 13.2 Å². The summed E-state index contributed by atoms with van der Waals surface area (Å²) in [6.07, 6.45) is -4.64. The molecular formula is C9H16O6. The van der Waals surface area contributed by atoms with Crippen molar-refractivity contribution in [2.45, 2.75) is 30.7 Å². The maximum atomic E-state index is 9.47. The summed E-state index contributed by atoms with van der Waals surface area (Å²) in [6, 6.07) is 0. The minimum atomic E-state index is -1.40. The van der Waals surface area contributed by atoms with Crippen LogP contribution < -0.4 is 0 Å². The summed E-state index contributed by atoms with van der Waals surface area (Å²) in [4.78, 5) is 0. The number of hydrogen-bond donors (Lipinski definition) is 4. The molecule has 1 rings (SSSR count). The zero-order valence-corrected chi connectivity index (χ0v) is 8.19. The summed E-state index contributed by atoms with van der Waals surface area (Å²) in [5.74, 6) is 0. The summed E-state index contributed by atoms with van der Waals surface area (Å²) in [5.41, 5.74) is 0. The first-order chi connectivity index (χ1) is 7.11. The third-order valence-electron chi connectivity index (χ3n) is 2.23. The van der Waals surface area contributed by atoms with Gasteiger partial charge in [0, 0.05) is 0 Å². The molecule has 0 aromatic heterocycles. The maximum absolute atomic E-state index is 9.47. The molecule has 1 fully saturated rings. The lowest BCUT2D eigenvalue weighted by Gasteiger charge is -2.39. The van der Waals surface area contributed by atoms with Gasteiger partial charge in [0.2, 0.25) is 0 Å². The molecule has 15 heavy (non-hydrogen) atoms. The van der Waals surface area contributed by atoms with Gasteiger partial charge in [0.1, 0.15) is 24.4 Å². The van der Waals surface area contributed by atoms with Crippen LogP contribution in [-0.2, 0) is 9.47 Å². The highest BCUT2D eigenvalue weighted by Gasteiger charge is 2.43. The van der Waals surface area contributed by atoms with E-state index in [1.807, 2.05) is 0 Å². The van der Waals surface area contributed by atoms with E-state index < -0.39 is 37.3 Å². The molecule has 88 valence electrons. The molecule has 1 heterocycles. The zero-order chi connectivity index (χ0) is 11.4. The molecule has 0 bridgehead atoms. The molecule has 1 aliphatic heterocycles. The quantitative estimate of drug-likeness (QED) is 0.408. The molecule has 1 saturated heterocycles. The Balaban J connectivity index is 2.60. The van der Waals surface area contributed by atoms with Gasteiger partial charge in [-0.3, -0.25) is 0 Å². The first kappa shape index (κ1) is 12.6. The van der Waals surface area contributed by atoms with Gasteiger partial charge in [-0.1, -0.05) is 6.08 Å². The molecule has 5 atom stereocenters. The Morgan fingerprint density at radius 1 is 1.20 bits per heavy atom. The summed E-state index contributed by atoms with van der Waals surface area (Å²) in [6.45, 7) is 3.10. The molecule has 0 saturated carbocycles. The maximum Gasteiger partial charge on any atom is 0.187 e. The third-order valence-corrected chi connectivity index (χ3v) is 2.23. The van der Waals surface area contributed by atoms with E-state index in [0.29, 0.717) is 0 Å². The fourth-order valence-corrected chi connectivity index (χ4v) is 1.37. The predicted octanol–water partition coefficient (Wildman–Crippen LogP) is -2.01. The largest absolute Gasteiger partial charge is 0.394 e. The van der Waals surface area contributed by atoms with Gasteiger partial charge >= 0.3 is 0 Å². The smallest absolute Gasteiger partial charge is 0.187 e. The molecule has 0 amide bonds. The van der Waals surface area contributed by atoms with Gasteiger partial charge in [-0.15, -0.1) is 6.58 Å². The molecule has 0 aromatic rings. The summed E-state index contributed by atoms with van der Waals surface area (Å²) < 4.78 is 10.1. The average Bonchev–Trinajstić information content (AvgIpc) is 2.25. The molecule has 0 radical (unpaired) electrons. The molecule has 1 aliphatic rings. The van der Waals surface area contributed by atoms with Crippen LogP contribution in [0.3, 0.4) is 0 Å². The first-order valence-electron chi connectivity index (χ1n) is 4.64. The Kier molecular flexibility index (Phi) is 4.65. The number of aliphatic hydroxyl groups is 4. The van der Waals surface area contributed by atoms with E-state index in [4.69, 9.17) is 14.6 Å². The molecule has 2 unspecified atom stereocenters. The standard InChI is InChI=1S/C9H16O6/c1-2-3-14-9-8(13)7(12)6(11)5(4-10)15-9/h2,5-13H,1,3-4H2/t5?,6-,7-,8?,9+/m1/s1. The van der Waals surface area contributed by atoms with Crippen molar-refractivity contribution < 1.29 is 29.9 Å². The van der Waals surface area contributed by atoms with Crippen molar-refractivity contribution in [1.29, 1.82) is 0 Å². The molecule has 6 heteroatoms. The van der Waals surface area contributed by atoms with Crippen molar-refractivity contribution >= 4 is 0 Å². The lowest BCUT2D eigenvalue weighted by atomic mass is 9.99. The number of hydrogen-bond acceptors (Lipinski definition) is 6. The Morgan fingerprint density at radius 3 is 2.40 bits per heavy atom. The van der Waals surface area contributed by atoms with Gasteiger partial charge in [-0.2, -0.15) is 0 Å². The second kappa shape index (κ2) is 5.55. The van der Waals surface area contributed by atoms with Gasteiger partial charge < -0.3 is 29.9 Å². The highest BCUT2D eigenvalue weighted by Crippen LogP contribution is 2.21. The van der Waals surface area contributed by atoms with Crippen LogP contribution in [0, 0.1) is 0 Å². The molecule has 6 nitrogen and oxygen atoms in total. The van der Waals surface area contributed by atoms with E-state index >= 15 is 0 Å². The van der Waals surface area contributed by atoms with Gasteiger partial charge in [-0.05, 0) is 0 Å². The van der Waals surface area contributed by atoms with Crippen molar-refractivity contribution in [2.24, 2.45) is 0 Å². The lowest BCUT2D eigenvalue weighted by Crippen LogP contribution is -2.59.